The zero-order valence-corrected chi connectivity index (χ0v) is 27.7. The van der Waals surface area contributed by atoms with Crippen LogP contribution in [-0.2, 0) is 14.3 Å². The highest BCUT2D eigenvalue weighted by molar-refractivity contribution is 6.30. The van der Waals surface area contributed by atoms with E-state index in [0.717, 1.165) is 37.1 Å². The van der Waals surface area contributed by atoms with Gasteiger partial charge in [-0.05, 0) is 77.4 Å². The van der Waals surface area contributed by atoms with Gasteiger partial charge < -0.3 is 25.6 Å². The molecule has 0 saturated carbocycles. The first-order chi connectivity index (χ1) is 23.9. The molecule has 2 bridgehead atoms. The molecule has 1 saturated heterocycles. The number of carbonyl (C=O) groups is 3. The van der Waals surface area contributed by atoms with Crippen LogP contribution in [0.3, 0.4) is 0 Å². The van der Waals surface area contributed by atoms with Crippen molar-refractivity contribution in [3.63, 3.8) is 0 Å². The second-order valence-corrected chi connectivity index (χ2v) is 12.2. The van der Waals surface area contributed by atoms with Gasteiger partial charge in [-0.2, -0.15) is 4.68 Å². The molecule has 0 radical (unpaired) electrons. The van der Waals surface area contributed by atoms with E-state index >= 15 is 0 Å². The van der Waals surface area contributed by atoms with Gasteiger partial charge in [-0.1, -0.05) is 30.5 Å². The number of benzene rings is 2. The maximum atomic E-state index is 13.8. The summed E-state index contributed by atoms with van der Waals surface area (Å²) in [5.74, 6) is -0.275. The third-order valence-electron chi connectivity index (χ3n) is 8.51. The van der Waals surface area contributed by atoms with Gasteiger partial charge in [-0.25, -0.2) is 4.79 Å². The topological polar surface area (TPSA) is 168 Å². The Morgan fingerprint density at radius 3 is 2.67 bits per heavy atom. The van der Waals surface area contributed by atoms with E-state index in [2.05, 4.69) is 41.8 Å². The van der Waals surface area contributed by atoms with Gasteiger partial charge in [0.2, 0.25) is 11.8 Å². The van der Waals surface area contributed by atoms with E-state index < -0.39 is 18.2 Å². The van der Waals surface area contributed by atoms with Gasteiger partial charge in [0.15, 0.2) is 0 Å². The molecule has 4 heterocycles. The van der Waals surface area contributed by atoms with Gasteiger partial charge in [-0.15, -0.1) is 5.10 Å². The fourth-order valence-electron chi connectivity index (χ4n) is 6.03. The molecule has 2 aromatic carbocycles. The van der Waals surface area contributed by atoms with Crippen LogP contribution in [0.5, 0.6) is 0 Å². The number of rotatable bonds is 6. The summed E-state index contributed by atoms with van der Waals surface area (Å²) >= 11 is 6.26. The number of aromatic nitrogens is 5. The minimum Gasteiger partial charge on any atom is -0.453 e. The Morgan fingerprint density at radius 2 is 1.88 bits per heavy atom. The lowest BCUT2D eigenvalue weighted by Crippen LogP contribution is -2.51. The average Bonchev–Trinajstić information content (AvgIpc) is 3.66. The van der Waals surface area contributed by atoms with E-state index in [-0.39, 0.29) is 11.8 Å². The summed E-state index contributed by atoms with van der Waals surface area (Å²) in [4.78, 5) is 45.8. The number of amides is 3. The van der Waals surface area contributed by atoms with Crippen LogP contribution in [0.2, 0.25) is 5.02 Å². The van der Waals surface area contributed by atoms with Crippen molar-refractivity contribution in [2.24, 2.45) is 0 Å². The molecule has 14 nitrogen and oxygen atoms in total. The number of nitrogens with one attached hydrogen (secondary N) is 4. The smallest absolute Gasteiger partial charge is 0.411 e. The number of hydrogen-bond acceptors (Lipinski definition) is 10. The maximum absolute atomic E-state index is 13.8. The first-order valence-corrected chi connectivity index (χ1v) is 16.5. The first-order valence-electron chi connectivity index (χ1n) is 16.1. The molecule has 1 fully saturated rings. The van der Waals surface area contributed by atoms with Crippen molar-refractivity contribution in [2.45, 2.75) is 37.8 Å². The summed E-state index contributed by atoms with van der Waals surface area (Å²) in [5.41, 5.74) is 4.90. The molecule has 4 aromatic rings. The van der Waals surface area contributed by atoms with Gasteiger partial charge in [-0.3, -0.25) is 19.9 Å². The number of carbonyl (C=O) groups excluding carboxylic acids is 3. The first kappa shape index (κ1) is 33.6. The summed E-state index contributed by atoms with van der Waals surface area (Å²) in [5, 5.41) is 24.5. The zero-order valence-electron chi connectivity index (χ0n) is 26.9. The minimum atomic E-state index is -0.595. The predicted octanol–water partition coefficient (Wildman–Crippen LogP) is 4.21. The maximum Gasteiger partial charge on any atom is 0.411 e. The molecule has 2 aromatic heterocycles. The number of fused-ring (bicyclic) bond motifs is 4. The van der Waals surface area contributed by atoms with Gasteiger partial charge in [0.05, 0.1) is 24.5 Å². The summed E-state index contributed by atoms with van der Waals surface area (Å²) in [6, 6.07) is 13.7. The largest absolute Gasteiger partial charge is 0.453 e. The molecule has 0 spiro atoms. The number of methoxy groups -OCH3 is 1. The number of nitrogens with zero attached hydrogens (tertiary/aromatic N) is 6. The van der Waals surface area contributed by atoms with Crippen LogP contribution in [-0.4, -0.2) is 87.3 Å². The highest BCUT2D eigenvalue weighted by Gasteiger charge is 2.27. The van der Waals surface area contributed by atoms with E-state index in [1.165, 1.54) is 24.2 Å². The van der Waals surface area contributed by atoms with Crippen LogP contribution in [0.4, 0.5) is 16.2 Å². The molecule has 6 rings (SSSR count). The van der Waals surface area contributed by atoms with Gasteiger partial charge in [0.1, 0.15) is 12.4 Å². The monoisotopic (exact) mass is 684 g/mol. The predicted molar refractivity (Wildman–Crippen MR) is 185 cm³/mol. The van der Waals surface area contributed by atoms with Crippen molar-refractivity contribution >= 4 is 47.0 Å². The van der Waals surface area contributed by atoms with Crippen molar-refractivity contribution < 1.29 is 19.1 Å². The van der Waals surface area contributed by atoms with E-state index in [4.69, 9.17) is 16.3 Å². The number of ether oxygens (including phenoxy) is 1. The fraction of sp³-hybridized carbons (Fsp3) is 0.324. The van der Waals surface area contributed by atoms with Gasteiger partial charge in [0.25, 0.3) is 0 Å². The standard InChI is InChI=1S/C34H37ClN10O4/c1-49-34(48)39-25-8-9-26-22-12-13-37-30(19-22)27(4-2-3-5-28(40-29(26)20-25)33(47)44-16-14-36-15-17-44)41-32(46)11-6-23-18-24(35)7-10-31(23)45-21-38-42-43-45/h6-13,18-21,27-28,36,40H,2-5,14-17H2,1H3,(H,39,48)(H,41,46)/b11-6+/t27-,28+/m0/s1. The zero-order chi connectivity index (χ0) is 34.2. The van der Waals surface area contributed by atoms with Crippen LogP contribution in [0.1, 0.15) is 43.0 Å². The van der Waals surface area contributed by atoms with Crippen LogP contribution in [0.25, 0.3) is 22.9 Å². The van der Waals surface area contributed by atoms with Gasteiger partial charge >= 0.3 is 6.09 Å². The quantitative estimate of drug-likeness (QED) is 0.216. The Kier molecular flexibility index (Phi) is 10.8. The lowest BCUT2D eigenvalue weighted by atomic mass is 9.96. The molecular formula is C34H37ClN10O4. The second-order valence-electron chi connectivity index (χ2n) is 11.8. The van der Waals surface area contributed by atoms with Gasteiger partial charge in [0, 0.05) is 66.0 Å². The molecule has 0 unspecified atom stereocenters. The second kappa shape index (κ2) is 15.7. The number of tetrazole rings is 1. The molecule has 2 atom stereocenters. The number of halogens is 1. The Bertz CT molecular complexity index is 1830. The summed E-state index contributed by atoms with van der Waals surface area (Å²) < 4.78 is 6.30. The van der Waals surface area contributed by atoms with E-state index in [0.29, 0.717) is 59.3 Å². The van der Waals surface area contributed by atoms with E-state index in [1.54, 1.807) is 42.6 Å². The molecule has 49 heavy (non-hydrogen) atoms. The molecule has 0 aliphatic carbocycles. The Morgan fingerprint density at radius 1 is 1.04 bits per heavy atom. The van der Waals surface area contributed by atoms with Crippen molar-refractivity contribution in [1.82, 2.24) is 40.7 Å². The Labute approximate surface area is 288 Å². The van der Waals surface area contributed by atoms with Crippen LogP contribution < -0.4 is 21.3 Å². The van der Waals surface area contributed by atoms with Crippen LogP contribution >= 0.6 is 11.6 Å². The van der Waals surface area contributed by atoms with Crippen molar-refractivity contribution in [2.75, 3.05) is 43.9 Å². The molecule has 2 aliphatic rings. The summed E-state index contributed by atoms with van der Waals surface area (Å²) in [6.45, 7) is 2.76. The molecular weight excluding hydrogens is 648 g/mol. The average molecular weight is 685 g/mol. The summed E-state index contributed by atoms with van der Waals surface area (Å²) in [6.07, 6.45) is 8.37. The molecule has 15 heteroatoms. The van der Waals surface area contributed by atoms with Crippen molar-refractivity contribution in [3.05, 3.63) is 83.4 Å². The SMILES string of the molecule is COC(=O)Nc1ccc2c(c1)N[C@@H](C(=O)N1CCNCC1)CCCC[C@H](NC(=O)/C=C/c1cc(Cl)ccc1-n1cnnn1)c1cc-2ccn1. The number of pyridine rings is 1. The normalized spacial score (nSPS) is 18.0. The minimum absolute atomic E-state index is 0.0308. The van der Waals surface area contributed by atoms with E-state index in [1.807, 2.05) is 23.1 Å². The lowest BCUT2D eigenvalue weighted by Gasteiger charge is -2.32. The number of hydrogen-bond donors (Lipinski definition) is 4. The highest BCUT2D eigenvalue weighted by atomic mass is 35.5. The third-order valence-corrected chi connectivity index (χ3v) is 8.74. The van der Waals surface area contributed by atoms with Crippen LogP contribution in [0.15, 0.2) is 67.1 Å². The van der Waals surface area contributed by atoms with Crippen molar-refractivity contribution in [3.8, 4) is 16.8 Å². The Balaban J connectivity index is 1.29. The summed E-state index contributed by atoms with van der Waals surface area (Å²) in [7, 11) is 1.30. The molecule has 4 N–H and O–H groups in total. The van der Waals surface area contributed by atoms with Crippen molar-refractivity contribution in [1.29, 1.82) is 0 Å². The Hall–Kier alpha value is -5.34. The fourth-order valence-corrected chi connectivity index (χ4v) is 6.22. The molecule has 3 amide bonds. The number of anilines is 2. The van der Waals surface area contributed by atoms with E-state index in [9.17, 15) is 14.4 Å². The van der Waals surface area contributed by atoms with Crippen LogP contribution in [0, 0.1) is 0 Å². The lowest BCUT2D eigenvalue weighted by molar-refractivity contribution is -0.132. The highest BCUT2D eigenvalue weighted by Crippen LogP contribution is 2.34. The molecule has 2 aliphatic heterocycles. The number of piperazine rings is 1. The molecule has 254 valence electrons. The third kappa shape index (κ3) is 8.39.